The van der Waals surface area contributed by atoms with Crippen LogP contribution in [0.25, 0.3) is 0 Å². The zero-order valence-corrected chi connectivity index (χ0v) is 14.8. The highest BCUT2D eigenvalue weighted by Gasteiger charge is 2.28. The van der Waals surface area contributed by atoms with Gasteiger partial charge >= 0.3 is 5.97 Å². The second kappa shape index (κ2) is 6.34. The lowest BCUT2D eigenvalue weighted by Crippen LogP contribution is -2.41. The van der Waals surface area contributed by atoms with Crippen LogP contribution in [0.3, 0.4) is 0 Å². The summed E-state index contributed by atoms with van der Waals surface area (Å²) in [6, 6.07) is 0. The number of anilines is 1. The van der Waals surface area contributed by atoms with Crippen molar-refractivity contribution in [2.75, 3.05) is 12.4 Å². The van der Waals surface area contributed by atoms with Crippen LogP contribution in [0.1, 0.15) is 48.0 Å². The molecule has 5 nitrogen and oxygen atoms in total. The van der Waals surface area contributed by atoms with Crippen molar-refractivity contribution in [3.63, 3.8) is 0 Å². The van der Waals surface area contributed by atoms with Crippen molar-refractivity contribution in [1.29, 1.82) is 0 Å². The minimum Gasteiger partial charge on any atom is -0.465 e. The second-order valence-electron chi connectivity index (χ2n) is 6.21. The summed E-state index contributed by atoms with van der Waals surface area (Å²) in [5.74, 6) is -0.541. The number of carbonyl (C=O) groups is 2. The zero-order chi connectivity index (χ0) is 16.5. The molecule has 2 rings (SSSR count). The maximum Gasteiger partial charge on any atom is 0.341 e. The molecule has 1 aliphatic carbocycles. The van der Waals surface area contributed by atoms with Crippen molar-refractivity contribution in [2.45, 2.75) is 40.0 Å². The van der Waals surface area contributed by atoms with E-state index >= 15 is 0 Å². The quantitative estimate of drug-likeness (QED) is 0.640. The molecular formula is C15H20N2O3S2. The number of carbonyl (C=O) groups excluding carboxylic acids is 2. The van der Waals surface area contributed by atoms with Crippen LogP contribution in [0, 0.1) is 5.41 Å². The van der Waals surface area contributed by atoms with Crippen molar-refractivity contribution in [2.24, 2.45) is 5.41 Å². The molecule has 0 radical (unpaired) electrons. The molecule has 1 aromatic heterocycles. The van der Waals surface area contributed by atoms with Crippen LogP contribution >= 0.6 is 23.6 Å². The number of rotatable bonds is 2. The maximum absolute atomic E-state index is 12.0. The highest BCUT2D eigenvalue weighted by atomic mass is 32.1. The average Bonchev–Trinajstić information content (AvgIpc) is 2.96. The minimum absolute atomic E-state index is 0.172. The average molecular weight is 340 g/mol. The SMILES string of the molecule is COC(=O)c1c(NC(=S)NC(=O)C(C)(C)C)sc2c1CCC2. The van der Waals surface area contributed by atoms with E-state index in [0.29, 0.717) is 10.6 Å². The fourth-order valence-electron chi connectivity index (χ4n) is 2.24. The lowest BCUT2D eigenvalue weighted by Gasteiger charge is -2.18. The standard InChI is InChI=1S/C15H20N2O3S2/c1-15(2,3)13(19)17-14(21)16-11-10(12(18)20-4)8-6-5-7-9(8)22-11/h5-7H2,1-4H3,(H2,16,17,19,21). The Kier molecular flexibility index (Phi) is 4.87. The molecule has 120 valence electrons. The fourth-order valence-corrected chi connectivity index (χ4v) is 3.78. The number of nitrogens with one attached hydrogen (secondary N) is 2. The van der Waals surface area contributed by atoms with Gasteiger partial charge in [-0.15, -0.1) is 11.3 Å². The normalized spacial score (nSPS) is 13.5. The summed E-state index contributed by atoms with van der Waals surface area (Å²) in [6.07, 6.45) is 2.89. The third kappa shape index (κ3) is 3.47. The van der Waals surface area contributed by atoms with E-state index in [-0.39, 0.29) is 17.0 Å². The molecule has 0 fully saturated rings. The van der Waals surface area contributed by atoms with Gasteiger partial charge in [0.2, 0.25) is 5.91 Å². The molecule has 1 amide bonds. The van der Waals surface area contributed by atoms with E-state index in [9.17, 15) is 9.59 Å². The number of methoxy groups -OCH3 is 1. The largest absolute Gasteiger partial charge is 0.465 e. The third-order valence-electron chi connectivity index (χ3n) is 3.45. The Morgan fingerprint density at radius 2 is 1.95 bits per heavy atom. The number of amides is 1. The molecule has 22 heavy (non-hydrogen) atoms. The van der Waals surface area contributed by atoms with E-state index < -0.39 is 5.41 Å². The molecular weight excluding hydrogens is 320 g/mol. The first kappa shape index (κ1) is 16.9. The molecule has 2 N–H and O–H groups in total. The van der Waals surface area contributed by atoms with Crippen LogP contribution in [0.15, 0.2) is 0 Å². The van der Waals surface area contributed by atoms with Crippen molar-refractivity contribution in [3.05, 3.63) is 16.0 Å². The fraction of sp³-hybridized carbons (Fsp3) is 0.533. The first-order valence-corrected chi connectivity index (χ1v) is 8.31. The third-order valence-corrected chi connectivity index (χ3v) is 4.86. The van der Waals surface area contributed by atoms with Gasteiger partial charge in [0.05, 0.1) is 12.7 Å². The summed E-state index contributed by atoms with van der Waals surface area (Å²) in [5.41, 5.74) is 1.06. The molecule has 0 unspecified atom stereocenters. The zero-order valence-electron chi connectivity index (χ0n) is 13.2. The van der Waals surface area contributed by atoms with Crippen LogP contribution in [-0.4, -0.2) is 24.1 Å². The minimum atomic E-state index is -0.534. The van der Waals surface area contributed by atoms with E-state index in [1.807, 2.05) is 20.8 Å². The van der Waals surface area contributed by atoms with Crippen molar-refractivity contribution in [3.8, 4) is 0 Å². The summed E-state index contributed by atoms with van der Waals surface area (Å²) in [4.78, 5) is 25.2. The van der Waals surface area contributed by atoms with Gasteiger partial charge < -0.3 is 15.4 Å². The molecule has 0 spiro atoms. The Hall–Kier alpha value is -1.47. The van der Waals surface area contributed by atoms with Gasteiger partial charge in [0.25, 0.3) is 0 Å². The molecule has 0 saturated carbocycles. The number of ether oxygens (including phenoxy) is 1. The molecule has 0 aliphatic heterocycles. The van der Waals surface area contributed by atoms with Gasteiger partial charge in [0.15, 0.2) is 5.11 Å². The van der Waals surface area contributed by atoms with Gasteiger partial charge in [-0.05, 0) is 37.0 Å². The Morgan fingerprint density at radius 1 is 1.27 bits per heavy atom. The molecule has 7 heteroatoms. The highest BCUT2D eigenvalue weighted by molar-refractivity contribution is 7.80. The Balaban J connectivity index is 2.18. The number of thiophene rings is 1. The van der Waals surface area contributed by atoms with Crippen LogP contribution in [0.4, 0.5) is 5.00 Å². The van der Waals surface area contributed by atoms with E-state index in [1.54, 1.807) is 0 Å². The van der Waals surface area contributed by atoms with E-state index in [2.05, 4.69) is 10.6 Å². The lowest BCUT2D eigenvalue weighted by molar-refractivity contribution is -0.126. The first-order valence-electron chi connectivity index (χ1n) is 7.09. The van der Waals surface area contributed by atoms with Gasteiger partial charge in [-0.2, -0.15) is 0 Å². The summed E-state index contributed by atoms with van der Waals surface area (Å²) in [6.45, 7) is 5.43. The maximum atomic E-state index is 12.0. The van der Waals surface area contributed by atoms with Crippen LogP contribution in [0.2, 0.25) is 0 Å². The monoisotopic (exact) mass is 340 g/mol. The van der Waals surface area contributed by atoms with Gasteiger partial charge in [-0.1, -0.05) is 20.8 Å². The summed E-state index contributed by atoms with van der Waals surface area (Å²) in [7, 11) is 1.37. The van der Waals surface area contributed by atoms with Crippen LogP contribution in [0.5, 0.6) is 0 Å². The van der Waals surface area contributed by atoms with E-state index in [4.69, 9.17) is 17.0 Å². The van der Waals surface area contributed by atoms with Crippen molar-refractivity contribution >= 4 is 45.5 Å². The van der Waals surface area contributed by atoms with Crippen molar-refractivity contribution in [1.82, 2.24) is 5.32 Å². The van der Waals surface area contributed by atoms with Gasteiger partial charge in [0, 0.05) is 10.3 Å². The van der Waals surface area contributed by atoms with Gasteiger partial charge in [-0.3, -0.25) is 4.79 Å². The van der Waals surface area contributed by atoms with E-state index in [1.165, 1.54) is 23.3 Å². The second-order valence-corrected chi connectivity index (χ2v) is 7.72. The molecule has 0 atom stereocenters. The van der Waals surface area contributed by atoms with E-state index in [0.717, 1.165) is 24.8 Å². The first-order chi connectivity index (χ1) is 10.2. The molecule has 0 aromatic carbocycles. The predicted octanol–water partition coefficient (Wildman–Crippen LogP) is 2.88. The number of fused-ring (bicyclic) bond motifs is 1. The number of thiocarbonyl (C=S) groups is 1. The Bertz CT molecular complexity index is 629. The number of hydrogen-bond acceptors (Lipinski definition) is 5. The highest BCUT2D eigenvalue weighted by Crippen LogP contribution is 2.39. The molecule has 1 heterocycles. The molecule has 0 bridgehead atoms. The predicted molar refractivity (Wildman–Crippen MR) is 91.5 cm³/mol. The summed E-state index contributed by atoms with van der Waals surface area (Å²) < 4.78 is 4.87. The smallest absolute Gasteiger partial charge is 0.341 e. The van der Waals surface area contributed by atoms with Gasteiger partial charge in [-0.25, -0.2) is 4.79 Å². The summed E-state index contributed by atoms with van der Waals surface area (Å²) >= 11 is 6.69. The van der Waals surface area contributed by atoms with Crippen LogP contribution < -0.4 is 10.6 Å². The Labute approximate surface area is 139 Å². The molecule has 0 saturated heterocycles. The molecule has 1 aromatic rings. The van der Waals surface area contributed by atoms with Gasteiger partial charge in [0.1, 0.15) is 5.00 Å². The Morgan fingerprint density at radius 3 is 2.55 bits per heavy atom. The number of hydrogen-bond donors (Lipinski definition) is 2. The summed E-state index contributed by atoms with van der Waals surface area (Å²) in [5, 5.41) is 6.48. The number of esters is 1. The molecule has 1 aliphatic rings. The van der Waals surface area contributed by atoms with Crippen LogP contribution in [-0.2, 0) is 22.4 Å². The lowest BCUT2D eigenvalue weighted by atomic mass is 9.96. The number of aryl methyl sites for hydroxylation is 1. The topological polar surface area (TPSA) is 67.4 Å². The van der Waals surface area contributed by atoms with Crippen molar-refractivity contribution < 1.29 is 14.3 Å².